The van der Waals surface area contributed by atoms with E-state index in [4.69, 9.17) is 4.74 Å². The van der Waals surface area contributed by atoms with Gasteiger partial charge >= 0.3 is 0 Å². The van der Waals surface area contributed by atoms with Crippen molar-refractivity contribution < 1.29 is 4.74 Å². The molecule has 0 aliphatic heterocycles. The normalized spacial score (nSPS) is 15.9. The van der Waals surface area contributed by atoms with Gasteiger partial charge in [0.05, 0.1) is 12.2 Å². The number of halogens is 2. The molecular formula is C24H32Br2O. The van der Waals surface area contributed by atoms with Gasteiger partial charge in [0.15, 0.2) is 0 Å². The Morgan fingerprint density at radius 3 is 1.37 bits per heavy atom. The monoisotopic (exact) mass is 494 g/mol. The van der Waals surface area contributed by atoms with E-state index >= 15 is 0 Å². The van der Waals surface area contributed by atoms with E-state index < -0.39 is 0 Å². The highest BCUT2D eigenvalue weighted by atomic mass is 79.9. The minimum atomic E-state index is 0.0913. The molecule has 0 aromatic heterocycles. The molecule has 0 heterocycles. The van der Waals surface area contributed by atoms with Crippen molar-refractivity contribution in [3.63, 3.8) is 0 Å². The standard InChI is InChI=1S/C24H32Br2O/c1-3-11-21(25)17-23(19-13-7-5-8-14-19)27-24(18-22(26)12-4-2)20-15-9-6-10-16-20/h5-10,13-16,21-24H,3-4,11-12,17-18H2,1-2H3. The molecule has 2 rings (SSSR count). The Morgan fingerprint density at radius 2 is 1.04 bits per heavy atom. The smallest absolute Gasteiger partial charge is 0.0844 e. The van der Waals surface area contributed by atoms with Crippen LogP contribution in [0.25, 0.3) is 0 Å². The first-order chi connectivity index (χ1) is 13.1. The van der Waals surface area contributed by atoms with E-state index in [2.05, 4.69) is 106 Å². The molecule has 2 aromatic rings. The molecule has 0 fully saturated rings. The summed E-state index contributed by atoms with van der Waals surface area (Å²) in [5.41, 5.74) is 2.53. The van der Waals surface area contributed by atoms with Gasteiger partial charge in [-0.25, -0.2) is 0 Å². The van der Waals surface area contributed by atoms with Gasteiger partial charge in [-0.15, -0.1) is 0 Å². The highest BCUT2D eigenvalue weighted by Gasteiger charge is 2.24. The van der Waals surface area contributed by atoms with Crippen molar-refractivity contribution in [1.29, 1.82) is 0 Å². The number of ether oxygens (including phenoxy) is 1. The van der Waals surface area contributed by atoms with Crippen molar-refractivity contribution in [3.8, 4) is 0 Å². The quantitative estimate of drug-likeness (QED) is 0.268. The maximum Gasteiger partial charge on any atom is 0.0844 e. The largest absolute Gasteiger partial charge is 0.366 e. The van der Waals surface area contributed by atoms with Crippen molar-refractivity contribution in [2.24, 2.45) is 0 Å². The summed E-state index contributed by atoms with van der Waals surface area (Å²) >= 11 is 7.74. The zero-order valence-corrected chi connectivity index (χ0v) is 19.7. The summed E-state index contributed by atoms with van der Waals surface area (Å²) in [4.78, 5) is 0.944. The molecule has 4 unspecified atom stereocenters. The lowest BCUT2D eigenvalue weighted by Gasteiger charge is -2.28. The molecule has 0 spiro atoms. The van der Waals surface area contributed by atoms with Crippen LogP contribution < -0.4 is 0 Å². The fourth-order valence-electron chi connectivity index (χ4n) is 3.40. The van der Waals surface area contributed by atoms with Gasteiger partial charge in [-0.2, -0.15) is 0 Å². The Morgan fingerprint density at radius 1 is 0.667 bits per heavy atom. The Bertz CT molecular complexity index is 561. The topological polar surface area (TPSA) is 9.23 Å². The van der Waals surface area contributed by atoms with Gasteiger partial charge in [0, 0.05) is 9.65 Å². The minimum absolute atomic E-state index is 0.0913. The van der Waals surface area contributed by atoms with Gasteiger partial charge in [0.1, 0.15) is 0 Å². The molecule has 3 heteroatoms. The third-order valence-electron chi connectivity index (χ3n) is 4.81. The van der Waals surface area contributed by atoms with Gasteiger partial charge in [-0.3, -0.25) is 0 Å². The average molecular weight is 496 g/mol. The van der Waals surface area contributed by atoms with Crippen LogP contribution in [0, 0.1) is 0 Å². The van der Waals surface area contributed by atoms with Crippen molar-refractivity contribution in [2.75, 3.05) is 0 Å². The fraction of sp³-hybridized carbons (Fsp3) is 0.500. The molecule has 27 heavy (non-hydrogen) atoms. The Kier molecular flexibility index (Phi) is 10.7. The summed E-state index contributed by atoms with van der Waals surface area (Å²) in [6.45, 7) is 4.47. The van der Waals surface area contributed by atoms with Crippen LogP contribution in [0.5, 0.6) is 0 Å². The van der Waals surface area contributed by atoms with E-state index in [0.717, 1.165) is 12.8 Å². The van der Waals surface area contributed by atoms with Crippen LogP contribution in [-0.2, 0) is 4.74 Å². The maximum atomic E-state index is 6.80. The number of hydrogen-bond donors (Lipinski definition) is 0. The van der Waals surface area contributed by atoms with Gasteiger partial charge in [0.2, 0.25) is 0 Å². The zero-order chi connectivity index (χ0) is 19.5. The molecule has 0 N–H and O–H groups in total. The molecule has 0 bridgehead atoms. The van der Waals surface area contributed by atoms with Crippen LogP contribution in [0.15, 0.2) is 60.7 Å². The van der Waals surface area contributed by atoms with Gasteiger partial charge in [0.25, 0.3) is 0 Å². The van der Waals surface area contributed by atoms with E-state index in [0.29, 0.717) is 9.65 Å². The summed E-state index contributed by atoms with van der Waals surface area (Å²) in [5, 5.41) is 0. The number of benzene rings is 2. The predicted octanol–water partition coefficient (Wildman–Crippen LogP) is 8.39. The molecule has 0 radical (unpaired) electrons. The molecule has 148 valence electrons. The molecule has 1 nitrogen and oxygen atoms in total. The van der Waals surface area contributed by atoms with Crippen molar-refractivity contribution >= 4 is 31.9 Å². The Hall–Kier alpha value is -0.640. The highest BCUT2D eigenvalue weighted by molar-refractivity contribution is 9.09. The molecular weight excluding hydrogens is 464 g/mol. The van der Waals surface area contributed by atoms with Crippen molar-refractivity contribution in [1.82, 2.24) is 0 Å². The first-order valence-electron chi connectivity index (χ1n) is 10.2. The summed E-state index contributed by atoms with van der Waals surface area (Å²) < 4.78 is 6.80. The van der Waals surface area contributed by atoms with Crippen molar-refractivity contribution in [2.45, 2.75) is 74.2 Å². The fourth-order valence-corrected chi connectivity index (χ4v) is 5.00. The SMILES string of the molecule is CCCC(Br)CC(OC(CC(Br)CCC)c1ccccc1)c1ccccc1. The molecule has 2 aromatic carbocycles. The van der Waals surface area contributed by atoms with E-state index in [9.17, 15) is 0 Å². The van der Waals surface area contributed by atoms with Crippen LogP contribution in [0.4, 0.5) is 0 Å². The second-order valence-electron chi connectivity index (χ2n) is 7.18. The minimum Gasteiger partial charge on any atom is -0.366 e. The van der Waals surface area contributed by atoms with Crippen LogP contribution in [0.1, 0.15) is 75.7 Å². The van der Waals surface area contributed by atoms with Crippen LogP contribution in [0.3, 0.4) is 0 Å². The van der Waals surface area contributed by atoms with Gasteiger partial charge < -0.3 is 4.74 Å². The zero-order valence-electron chi connectivity index (χ0n) is 16.5. The third kappa shape index (κ3) is 8.09. The van der Waals surface area contributed by atoms with Crippen LogP contribution in [-0.4, -0.2) is 9.65 Å². The first kappa shape index (κ1) is 22.6. The predicted molar refractivity (Wildman–Crippen MR) is 124 cm³/mol. The second-order valence-corrected chi connectivity index (χ2v) is 9.77. The molecule has 0 saturated heterocycles. The number of alkyl halides is 2. The maximum absolute atomic E-state index is 6.80. The highest BCUT2D eigenvalue weighted by Crippen LogP contribution is 2.36. The second kappa shape index (κ2) is 12.7. The lowest BCUT2D eigenvalue weighted by atomic mass is 9.99. The summed E-state index contributed by atoms with van der Waals surface area (Å²) in [7, 11) is 0. The van der Waals surface area contributed by atoms with E-state index in [1.807, 2.05) is 0 Å². The summed E-state index contributed by atoms with van der Waals surface area (Å²) in [6.07, 6.45) is 6.85. The Balaban J connectivity index is 2.22. The summed E-state index contributed by atoms with van der Waals surface area (Å²) in [5.74, 6) is 0. The van der Waals surface area contributed by atoms with Crippen molar-refractivity contribution in [3.05, 3.63) is 71.8 Å². The van der Waals surface area contributed by atoms with Crippen LogP contribution in [0.2, 0.25) is 0 Å². The van der Waals surface area contributed by atoms with E-state index in [1.54, 1.807) is 0 Å². The first-order valence-corrected chi connectivity index (χ1v) is 12.0. The lowest BCUT2D eigenvalue weighted by Crippen LogP contribution is -2.17. The third-order valence-corrected chi connectivity index (χ3v) is 6.48. The molecule has 0 saturated carbocycles. The van der Waals surface area contributed by atoms with Gasteiger partial charge in [-0.1, -0.05) is 119 Å². The van der Waals surface area contributed by atoms with E-state index in [1.165, 1.54) is 36.8 Å². The molecule has 0 aliphatic carbocycles. The number of hydrogen-bond acceptors (Lipinski definition) is 1. The molecule has 0 aliphatic rings. The summed E-state index contributed by atoms with van der Waals surface area (Å²) in [6, 6.07) is 21.3. The lowest BCUT2D eigenvalue weighted by molar-refractivity contribution is -0.0242. The number of rotatable bonds is 12. The van der Waals surface area contributed by atoms with Gasteiger partial charge in [-0.05, 0) is 36.8 Å². The molecule has 0 amide bonds. The Labute approximate surface area is 182 Å². The van der Waals surface area contributed by atoms with E-state index in [-0.39, 0.29) is 12.2 Å². The average Bonchev–Trinajstić information content (AvgIpc) is 2.68. The molecule has 4 atom stereocenters. The van der Waals surface area contributed by atoms with Crippen LogP contribution >= 0.6 is 31.9 Å².